The maximum Gasteiger partial charge on any atom is 0.251 e. The molecular weight excluding hydrogens is 264 g/mol. The summed E-state index contributed by atoms with van der Waals surface area (Å²) in [4.78, 5) is 11.5. The van der Waals surface area contributed by atoms with Gasteiger partial charge in [0.2, 0.25) is 0 Å². The molecule has 3 atom stereocenters. The predicted molar refractivity (Wildman–Crippen MR) is 84.2 cm³/mol. The summed E-state index contributed by atoms with van der Waals surface area (Å²) in [6.07, 6.45) is 0.311. The molecule has 0 unspecified atom stereocenters. The van der Waals surface area contributed by atoms with Crippen LogP contribution >= 0.6 is 0 Å². The first-order valence-electron chi connectivity index (χ1n) is 7.49. The van der Waals surface area contributed by atoms with Crippen molar-refractivity contribution < 1.29 is 9.53 Å². The maximum absolute atomic E-state index is 11.5. The topological polar surface area (TPSA) is 50.4 Å². The molecular formula is C17H26N2O2. The van der Waals surface area contributed by atoms with Gasteiger partial charge in [0.25, 0.3) is 5.91 Å². The van der Waals surface area contributed by atoms with Gasteiger partial charge in [0, 0.05) is 37.7 Å². The summed E-state index contributed by atoms with van der Waals surface area (Å²) in [5.74, 6) is 0.460. The summed E-state index contributed by atoms with van der Waals surface area (Å²) in [6.45, 7) is 7.52. The summed E-state index contributed by atoms with van der Waals surface area (Å²) < 4.78 is 5.57. The standard InChI is InChI=1S/C17H26N2O2/c1-11-14(17(2,3)15(11)21-5)19-10-12-6-8-13(9-7-12)16(20)18-4/h6-9,11,14-15,19H,10H2,1-5H3,(H,18,20)/t11-,14-,15+/m1/s1. The zero-order chi connectivity index (χ0) is 15.6. The molecule has 21 heavy (non-hydrogen) atoms. The number of hydrogen-bond donors (Lipinski definition) is 2. The molecule has 0 spiro atoms. The summed E-state index contributed by atoms with van der Waals surface area (Å²) in [7, 11) is 3.43. The van der Waals surface area contributed by atoms with Gasteiger partial charge in [-0.25, -0.2) is 0 Å². The van der Waals surface area contributed by atoms with Gasteiger partial charge in [-0.15, -0.1) is 0 Å². The van der Waals surface area contributed by atoms with Gasteiger partial charge in [-0.1, -0.05) is 32.9 Å². The molecule has 0 saturated heterocycles. The number of ether oxygens (including phenoxy) is 1. The first kappa shape index (κ1) is 16.0. The van der Waals surface area contributed by atoms with Gasteiger partial charge in [0.15, 0.2) is 0 Å². The maximum atomic E-state index is 11.5. The third kappa shape index (κ3) is 2.97. The predicted octanol–water partition coefficient (Wildman–Crippen LogP) is 2.20. The lowest BCUT2D eigenvalue weighted by atomic mass is 9.58. The molecule has 1 saturated carbocycles. The summed E-state index contributed by atoms with van der Waals surface area (Å²) >= 11 is 0. The van der Waals surface area contributed by atoms with Crippen LogP contribution in [0.15, 0.2) is 24.3 Å². The van der Waals surface area contributed by atoms with Crippen LogP contribution in [0.25, 0.3) is 0 Å². The van der Waals surface area contributed by atoms with Crippen LogP contribution in [-0.2, 0) is 11.3 Å². The highest BCUT2D eigenvalue weighted by Gasteiger charge is 2.54. The minimum atomic E-state index is -0.0498. The Morgan fingerprint density at radius 1 is 1.29 bits per heavy atom. The molecule has 0 aromatic heterocycles. The first-order valence-corrected chi connectivity index (χ1v) is 7.49. The second-order valence-corrected chi connectivity index (χ2v) is 6.47. The molecule has 1 aromatic rings. The van der Waals surface area contributed by atoms with E-state index >= 15 is 0 Å². The van der Waals surface area contributed by atoms with Crippen LogP contribution in [0, 0.1) is 11.3 Å². The Kier molecular flexibility index (Phi) is 4.69. The Hall–Kier alpha value is -1.39. The van der Waals surface area contributed by atoms with E-state index in [-0.39, 0.29) is 11.3 Å². The zero-order valence-corrected chi connectivity index (χ0v) is 13.6. The second-order valence-electron chi connectivity index (χ2n) is 6.47. The van der Waals surface area contributed by atoms with Gasteiger partial charge in [0.05, 0.1) is 6.10 Å². The minimum Gasteiger partial charge on any atom is -0.380 e. The van der Waals surface area contributed by atoms with E-state index in [1.54, 1.807) is 14.2 Å². The molecule has 4 nitrogen and oxygen atoms in total. The number of benzene rings is 1. The van der Waals surface area contributed by atoms with Crippen LogP contribution in [-0.4, -0.2) is 32.2 Å². The average Bonchev–Trinajstić information content (AvgIpc) is 2.47. The Bertz CT molecular complexity index is 496. The Morgan fingerprint density at radius 3 is 2.38 bits per heavy atom. The van der Waals surface area contributed by atoms with Gasteiger partial charge in [-0.2, -0.15) is 0 Å². The zero-order valence-electron chi connectivity index (χ0n) is 13.6. The number of rotatable bonds is 5. The van der Waals surface area contributed by atoms with Crippen molar-refractivity contribution in [2.24, 2.45) is 11.3 Å². The normalized spacial score (nSPS) is 27.0. The SMILES string of the molecule is CNC(=O)c1ccc(CN[C@@H]2[C@@H](C)[C@H](OC)C2(C)C)cc1. The monoisotopic (exact) mass is 290 g/mol. The van der Waals surface area contributed by atoms with E-state index in [1.807, 2.05) is 24.3 Å². The van der Waals surface area contributed by atoms with Crippen molar-refractivity contribution in [1.29, 1.82) is 0 Å². The minimum absolute atomic E-state index is 0.0498. The van der Waals surface area contributed by atoms with Crippen molar-refractivity contribution in [3.63, 3.8) is 0 Å². The lowest BCUT2D eigenvalue weighted by Gasteiger charge is -2.56. The third-order valence-electron chi connectivity index (χ3n) is 4.76. The van der Waals surface area contributed by atoms with Crippen LogP contribution in [0.4, 0.5) is 0 Å². The van der Waals surface area contributed by atoms with E-state index in [0.29, 0.717) is 23.6 Å². The van der Waals surface area contributed by atoms with Crippen LogP contribution in [0.2, 0.25) is 0 Å². The van der Waals surface area contributed by atoms with Crippen molar-refractivity contribution in [3.8, 4) is 0 Å². The number of nitrogens with one attached hydrogen (secondary N) is 2. The van der Waals surface area contributed by atoms with Gasteiger partial charge in [-0.3, -0.25) is 4.79 Å². The smallest absolute Gasteiger partial charge is 0.251 e. The van der Waals surface area contributed by atoms with Gasteiger partial charge in [0.1, 0.15) is 0 Å². The molecule has 0 radical (unpaired) electrons. The van der Waals surface area contributed by atoms with Gasteiger partial charge >= 0.3 is 0 Å². The number of hydrogen-bond acceptors (Lipinski definition) is 3. The van der Waals surface area contributed by atoms with Crippen molar-refractivity contribution in [2.75, 3.05) is 14.2 Å². The number of methoxy groups -OCH3 is 1. The van der Waals surface area contributed by atoms with Crippen molar-refractivity contribution >= 4 is 5.91 Å². The fraction of sp³-hybridized carbons (Fsp3) is 0.588. The van der Waals surface area contributed by atoms with Crippen LogP contribution < -0.4 is 10.6 Å². The quantitative estimate of drug-likeness (QED) is 0.874. The average molecular weight is 290 g/mol. The third-order valence-corrected chi connectivity index (χ3v) is 4.76. The first-order chi connectivity index (χ1) is 9.91. The van der Waals surface area contributed by atoms with Crippen LogP contribution in [0.1, 0.15) is 36.7 Å². The molecule has 1 aliphatic rings. The Morgan fingerprint density at radius 2 is 1.90 bits per heavy atom. The summed E-state index contributed by atoms with van der Waals surface area (Å²) in [6, 6.07) is 8.18. The lowest BCUT2D eigenvalue weighted by Crippen LogP contribution is -2.66. The van der Waals surface area contributed by atoms with Crippen LogP contribution in [0.3, 0.4) is 0 Å². The fourth-order valence-electron chi connectivity index (χ4n) is 3.70. The van der Waals surface area contributed by atoms with Gasteiger partial charge < -0.3 is 15.4 Å². The number of amides is 1. The van der Waals surface area contributed by atoms with E-state index in [1.165, 1.54) is 5.56 Å². The molecule has 1 amide bonds. The van der Waals surface area contributed by atoms with E-state index in [4.69, 9.17) is 4.74 Å². The highest BCUT2D eigenvalue weighted by Crippen LogP contribution is 2.46. The Balaban J connectivity index is 1.93. The van der Waals surface area contributed by atoms with E-state index in [2.05, 4.69) is 31.4 Å². The van der Waals surface area contributed by atoms with Gasteiger partial charge in [-0.05, 0) is 23.6 Å². The summed E-state index contributed by atoms with van der Waals surface area (Å²) in [5.41, 5.74) is 2.03. The van der Waals surface area contributed by atoms with E-state index < -0.39 is 0 Å². The molecule has 0 aliphatic heterocycles. The van der Waals surface area contributed by atoms with Crippen molar-refractivity contribution in [1.82, 2.24) is 10.6 Å². The largest absolute Gasteiger partial charge is 0.380 e. The van der Waals surface area contributed by atoms with Crippen molar-refractivity contribution in [3.05, 3.63) is 35.4 Å². The molecule has 116 valence electrons. The number of carbonyl (C=O) groups is 1. The molecule has 2 rings (SSSR count). The lowest BCUT2D eigenvalue weighted by molar-refractivity contribution is -0.145. The molecule has 4 heteroatoms. The van der Waals surface area contributed by atoms with Crippen molar-refractivity contribution in [2.45, 2.75) is 39.5 Å². The molecule has 2 N–H and O–H groups in total. The fourth-order valence-corrected chi connectivity index (χ4v) is 3.70. The van der Waals surface area contributed by atoms with E-state index in [0.717, 1.165) is 6.54 Å². The molecule has 1 aromatic carbocycles. The highest BCUT2D eigenvalue weighted by molar-refractivity contribution is 5.93. The van der Waals surface area contributed by atoms with E-state index in [9.17, 15) is 4.79 Å². The highest BCUT2D eigenvalue weighted by atomic mass is 16.5. The molecule has 0 bridgehead atoms. The molecule has 0 heterocycles. The molecule has 1 fully saturated rings. The second kappa shape index (κ2) is 6.16. The molecule has 1 aliphatic carbocycles. The Labute approximate surface area is 127 Å². The summed E-state index contributed by atoms with van der Waals surface area (Å²) in [5, 5.41) is 6.25. The number of carbonyl (C=O) groups excluding carboxylic acids is 1. The van der Waals surface area contributed by atoms with Crippen LogP contribution in [0.5, 0.6) is 0 Å².